The molecule has 6 heteroatoms. The quantitative estimate of drug-likeness (QED) is 0.844. The number of amides is 1. The van der Waals surface area contributed by atoms with E-state index in [0.717, 1.165) is 11.3 Å². The van der Waals surface area contributed by atoms with Crippen LogP contribution in [0.3, 0.4) is 0 Å². The molecule has 94 valence electrons. The molecule has 0 aromatic carbocycles. The van der Waals surface area contributed by atoms with E-state index in [0.29, 0.717) is 5.82 Å². The van der Waals surface area contributed by atoms with E-state index in [4.69, 9.17) is 0 Å². The first-order valence-electron chi connectivity index (χ1n) is 5.70. The number of nitrogens with zero attached hydrogens (tertiary/aromatic N) is 1. The van der Waals surface area contributed by atoms with E-state index in [9.17, 15) is 4.79 Å². The Labute approximate surface area is 113 Å². The second kappa shape index (κ2) is 4.44. The third-order valence-corrected chi connectivity index (χ3v) is 5.16. The number of carbonyl (C=O) groups excluding carboxylic acids is 1. The van der Waals surface area contributed by atoms with Crippen LogP contribution >= 0.6 is 23.1 Å². The van der Waals surface area contributed by atoms with Gasteiger partial charge in [-0.15, -0.1) is 11.8 Å². The first-order chi connectivity index (χ1) is 8.66. The zero-order valence-electron chi connectivity index (χ0n) is 10.1. The molecule has 0 fully saturated rings. The molecule has 4 nitrogen and oxygen atoms in total. The average Bonchev–Trinajstić information content (AvgIpc) is 2.95. The monoisotopic (exact) mass is 279 g/mol. The minimum atomic E-state index is -0.0801. The summed E-state index contributed by atoms with van der Waals surface area (Å²) in [5, 5.41) is 14.3. The molecule has 1 aliphatic rings. The summed E-state index contributed by atoms with van der Waals surface area (Å²) in [6.07, 6.45) is 0. The van der Waals surface area contributed by atoms with Crippen LogP contribution < -0.4 is 5.32 Å². The standard InChI is InChI=1S/C12H13N3OS2/c1-6-9-10(8-3-4-17-5-8)18-7(2)12(16)13-11(9)15-14-6/h3-5,7,10H,1-2H3,(H2,13,14,15,16)/t7-,10+/m1/s1. The molecule has 0 bridgehead atoms. The van der Waals surface area contributed by atoms with Crippen molar-refractivity contribution in [2.45, 2.75) is 24.3 Å². The summed E-state index contributed by atoms with van der Waals surface area (Å²) in [6.45, 7) is 3.93. The fraction of sp³-hybridized carbons (Fsp3) is 0.333. The van der Waals surface area contributed by atoms with Crippen molar-refractivity contribution in [2.24, 2.45) is 0 Å². The van der Waals surface area contributed by atoms with Gasteiger partial charge in [-0.1, -0.05) is 0 Å². The number of hydrogen-bond acceptors (Lipinski definition) is 4. The summed E-state index contributed by atoms with van der Waals surface area (Å²) in [7, 11) is 0. The van der Waals surface area contributed by atoms with Crippen LogP contribution in [0.2, 0.25) is 0 Å². The van der Waals surface area contributed by atoms with E-state index in [-0.39, 0.29) is 16.4 Å². The van der Waals surface area contributed by atoms with E-state index < -0.39 is 0 Å². The molecule has 1 amide bonds. The van der Waals surface area contributed by atoms with Crippen LogP contribution in [0.1, 0.15) is 29.0 Å². The molecule has 3 heterocycles. The molecule has 0 radical (unpaired) electrons. The number of rotatable bonds is 1. The Morgan fingerprint density at radius 2 is 2.28 bits per heavy atom. The van der Waals surface area contributed by atoms with E-state index in [2.05, 4.69) is 32.3 Å². The van der Waals surface area contributed by atoms with E-state index in [1.54, 1.807) is 23.1 Å². The number of anilines is 1. The highest BCUT2D eigenvalue weighted by Crippen LogP contribution is 2.45. The second-order valence-corrected chi connectivity index (χ2v) is 6.55. The number of thioether (sulfide) groups is 1. The molecule has 2 atom stereocenters. The second-order valence-electron chi connectivity index (χ2n) is 4.32. The molecule has 0 aliphatic carbocycles. The maximum atomic E-state index is 11.9. The van der Waals surface area contributed by atoms with Crippen LogP contribution in [-0.4, -0.2) is 21.4 Å². The Morgan fingerprint density at radius 3 is 3.00 bits per heavy atom. The largest absolute Gasteiger partial charge is 0.308 e. The Balaban J connectivity index is 2.12. The summed E-state index contributed by atoms with van der Waals surface area (Å²) < 4.78 is 0. The van der Waals surface area contributed by atoms with Crippen LogP contribution in [0.25, 0.3) is 0 Å². The molecule has 2 N–H and O–H groups in total. The van der Waals surface area contributed by atoms with Crippen LogP contribution in [0.4, 0.5) is 5.82 Å². The number of thiophene rings is 1. The van der Waals surface area contributed by atoms with Crippen LogP contribution in [-0.2, 0) is 4.79 Å². The summed E-state index contributed by atoms with van der Waals surface area (Å²) in [5.74, 6) is 0.691. The number of carbonyl (C=O) groups is 1. The lowest BCUT2D eigenvalue weighted by Gasteiger charge is -2.15. The minimum absolute atomic E-state index is 0.0190. The first kappa shape index (κ1) is 11.8. The van der Waals surface area contributed by atoms with E-state index >= 15 is 0 Å². The highest BCUT2D eigenvalue weighted by atomic mass is 32.2. The van der Waals surface area contributed by atoms with Crippen molar-refractivity contribution in [1.29, 1.82) is 0 Å². The van der Waals surface area contributed by atoms with Crippen molar-refractivity contribution in [3.05, 3.63) is 33.6 Å². The van der Waals surface area contributed by atoms with Gasteiger partial charge in [0.2, 0.25) is 5.91 Å². The zero-order chi connectivity index (χ0) is 12.7. The van der Waals surface area contributed by atoms with Gasteiger partial charge in [-0.05, 0) is 36.2 Å². The summed E-state index contributed by atoms with van der Waals surface area (Å²) in [5.41, 5.74) is 3.35. The Kier molecular flexibility index (Phi) is 2.91. The van der Waals surface area contributed by atoms with Gasteiger partial charge in [0.15, 0.2) is 5.82 Å². The number of fused-ring (bicyclic) bond motifs is 1. The van der Waals surface area contributed by atoms with Gasteiger partial charge in [-0.25, -0.2) is 0 Å². The lowest BCUT2D eigenvalue weighted by molar-refractivity contribution is -0.115. The summed E-state index contributed by atoms with van der Waals surface area (Å²) in [6, 6.07) is 2.11. The third-order valence-electron chi connectivity index (χ3n) is 3.05. The van der Waals surface area contributed by atoms with Crippen LogP contribution in [0.15, 0.2) is 16.8 Å². The van der Waals surface area contributed by atoms with Gasteiger partial charge in [-0.3, -0.25) is 9.89 Å². The predicted octanol–water partition coefficient (Wildman–Crippen LogP) is 2.94. The Morgan fingerprint density at radius 1 is 1.44 bits per heavy atom. The van der Waals surface area contributed by atoms with Gasteiger partial charge in [0.1, 0.15) is 0 Å². The molecular weight excluding hydrogens is 266 g/mol. The van der Waals surface area contributed by atoms with Gasteiger partial charge in [0.05, 0.1) is 10.5 Å². The van der Waals surface area contributed by atoms with Crippen molar-refractivity contribution in [3.63, 3.8) is 0 Å². The highest BCUT2D eigenvalue weighted by Gasteiger charge is 2.32. The molecule has 0 spiro atoms. The van der Waals surface area contributed by atoms with Gasteiger partial charge >= 0.3 is 0 Å². The molecule has 3 rings (SSSR count). The van der Waals surface area contributed by atoms with Gasteiger partial charge in [0, 0.05) is 11.3 Å². The number of aromatic nitrogens is 2. The Bertz CT molecular complexity index is 576. The normalized spacial score (nSPS) is 23.3. The van der Waals surface area contributed by atoms with E-state index in [1.807, 2.05) is 13.8 Å². The number of aryl methyl sites for hydroxylation is 1. The third kappa shape index (κ3) is 1.85. The van der Waals surface area contributed by atoms with Crippen molar-refractivity contribution < 1.29 is 4.79 Å². The molecule has 0 saturated carbocycles. The van der Waals surface area contributed by atoms with Gasteiger partial charge in [-0.2, -0.15) is 16.4 Å². The summed E-state index contributed by atoms with van der Waals surface area (Å²) in [4.78, 5) is 11.9. The van der Waals surface area contributed by atoms with Gasteiger partial charge < -0.3 is 5.32 Å². The topological polar surface area (TPSA) is 57.8 Å². The van der Waals surface area contributed by atoms with Crippen molar-refractivity contribution >= 4 is 34.8 Å². The minimum Gasteiger partial charge on any atom is -0.308 e. The molecule has 0 unspecified atom stereocenters. The molecule has 18 heavy (non-hydrogen) atoms. The number of H-pyrrole nitrogens is 1. The number of nitrogens with one attached hydrogen (secondary N) is 2. The fourth-order valence-electron chi connectivity index (χ4n) is 2.08. The predicted molar refractivity (Wildman–Crippen MR) is 75.2 cm³/mol. The molecule has 2 aromatic heterocycles. The molecular formula is C12H13N3OS2. The molecule has 1 aliphatic heterocycles. The van der Waals surface area contributed by atoms with Crippen molar-refractivity contribution in [3.8, 4) is 0 Å². The Hall–Kier alpha value is -1.27. The number of hydrogen-bond donors (Lipinski definition) is 2. The average molecular weight is 279 g/mol. The van der Waals surface area contributed by atoms with E-state index in [1.165, 1.54) is 5.56 Å². The maximum absolute atomic E-state index is 11.9. The zero-order valence-corrected chi connectivity index (χ0v) is 11.7. The van der Waals surface area contributed by atoms with Crippen LogP contribution in [0.5, 0.6) is 0 Å². The SMILES string of the molecule is Cc1[nH]nc2c1[C@H](c1ccsc1)S[C@H](C)C(=O)N2. The number of aromatic amines is 1. The molecule has 0 saturated heterocycles. The first-order valence-corrected chi connectivity index (χ1v) is 7.58. The lowest BCUT2D eigenvalue weighted by Crippen LogP contribution is -2.21. The molecule has 2 aromatic rings. The van der Waals surface area contributed by atoms with Crippen molar-refractivity contribution in [1.82, 2.24) is 10.2 Å². The van der Waals surface area contributed by atoms with Crippen LogP contribution in [0, 0.1) is 6.92 Å². The highest BCUT2D eigenvalue weighted by molar-refractivity contribution is 8.01. The maximum Gasteiger partial charge on any atom is 0.238 e. The smallest absolute Gasteiger partial charge is 0.238 e. The summed E-state index contributed by atoms with van der Waals surface area (Å²) >= 11 is 3.35. The van der Waals surface area contributed by atoms with Gasteiger partial charge in [0.25, 0.3) is 0 Å². The lowest BCUT2D eigenvalue weighted by atomic mass is 10.1. The fourth-order valence-corrected chi connectivity index (χ4v) is 4.17. The van der Waals surface area contributed by atoms with Crippen molar-refractivity contribution in [2.75, 3.05) is 5.32 Å².